The normalized spacial score (nSPS) is 10.3. The summed E-state index contributed by atoms with van der Waals surface area (Å²) >= 11 is 0. The Bertz CT molecular complexity index is 735. The molecule has 2 aromatic rings. The fourth-order valence-electron chi connectivity index (χ4n) is 2.00. The average molecular weight is 318 g/mol. The second-order valence-corrected chi connectivity index (χ2v) is 5.05. The molecular formula is C16H18N2O5. The molecule has 0 saturated carbocycles. The lowest BCUT2D eigenvalue weighted by atomic mass is 10.1. The van der Waals surface area contributed by atoms with Crippen LogP contribution in [0, 0.1) is 6.92 Å². The van der Waals surface area contributed by atoms with Gasteiger partial charge in [0, 0.05) is 18.0 Å². The lowest BCUT2D eigenvalue weighted by Gasteiger charge is -2.05. The Morgan fingerprint density at radius 2 is 2.00 bits per heavy atom. The van der Waals surface area contributed by atoms with Gasteiger partial charge in [-0.05, 0) is 18.6 Å². The van der Waals surface area contributed by atoms with E-state index in [0.717, 1.165) is 10.9 Å². The number of likely N-dealkylation sites (N-methyl/N-ethyl adjacent to an activating group) is 1. The van der Waals surface area contributed by atoms with Crippen LogP contribution in [0.4, 0.5) is 0 Å². The van der Waals surface area contributed by atoms with Crippen molar-refractivity contribution in [2.75, 3.05) is 20.2 Å². The number of carbonyl (C=O) groups excluding carboxylic acids is 3. The first-order valence-corrected chi connectivity index (χ1v) is 7.09. The molecule has 0 saturated heterocycles. The number of fused-ring (bicyclic) bond motifs is 1. The quantitative estimate of drug-likeness (QED) is 0.764. The van der Waals surface area contributed by atoms with Gasteiger partial charge in [0.2, 0.25) is 5.91 Å². The molecule has 7 nitrogen and oxygen atoms in total. The molecule has 0 fully saturated rings. The van der Waals surface area contributed by atoms with E-state index in [1.807, 2.05) is 25.1 Å². The highest BCUT2D eigenvalue weighted by Gasteiger charge is 2.13. The molecule has 2 N–H and O–H groups in total. The van der Waals surface area contributed by atoms with Crippen LogP contribution in [-0.2, 0) is 25.5 Å². The van der Waals surface area contributed by atoms with E-state index in [2.05, 4.69) is 10.6 Å². The molecule has 0 bridgehead atoms. The predicted molar refractivity (Wildman–Crippen MR) is 82.7 cm³/mol. The maximum absolute atomic E-state index is 11.8. The SMILES string of the molecule is CNC(=O)CNC(=O)COC(=O)Cc1coc2cc(C)ccc12. The van der Waals surface area contributed by atoms with Crippen LogP contribution in [0.1, 0.15) is 11.1 Å². The van der Waals surface area contributed by atoms with Crippen LogP contribution in [0.3, 0.4) is 0 Å². The van der Waals surface area contributed by atoms with Gasteiger partial charge in [-0.15, -0.1) is 0 Å². The summed E-state index contributed by atoms with van der Waals surface area (Å²) in [5, 5.41) is 5.54. The van der Waals surface area contributed by atoms with E-state index in [-0.39, 0.29) is 18.9 Å². The largest absolute Gasteiger partial charge is 0.464 e. The molecule has 0 radical (unpaired) electrons. The number of hydrogen-bond acceptors (Lipinski definition) is 5. The Labute approximate surface area is 133 Å². The van der Waals surface area contributed by atoms with E-state index in [4.69, 9.17) is 9.15 Å². The van der Waals surface area contributed by atoms with Crippen molar-refractivity contribution in [2.24, 2.45) is 0 Å². The summed E-state index contributed by atoms with van der Waals surface area (Å²) < 4.78 is 10.3. The van der Waals surface area contributed by atoms with Crippen molar-refractivity contribution >= 4 is 28.8 Å². The third-order valence-corrected chi connectivity index (χ3v) is 3.24. The molecule has 0 unspecified atom stereocenters. The zero-order valence-corrected chi connectivity index (χ0v) is 13.0. The van der Waals surface area contributed by atoms with Gasteiger partial charge in [-0.3, -0.25) is 14.4 Å². The predicted octanol–water partition coefficient (Wildman–Crippen LogP) is 0.689. The maximum atomic E-state index is 11.8. The summed E-state index contributed by atoms with van der Waals surface area (Å²) in [7, 11) is 1.46. The van der Waals surface area contributed by atoms with E-state index < -0.39 is 18.5 Å². The van der Waals surface area contributed by atoms with Crippen LogP contribution in [0.25, 0.3) is 11.0 Å². The van der Waals surface area contributed by atoms with E-state index in [1.54, 1.807) is 0 Å². The second kappa shape index (κ2) is 7.44. The molecule has 1 aromatic heterocycles. The highest BCUT2D eigenvalue weighted by Crippen LogP contribution is 2.22. The van der Waals surface area contributed by atoms with Gasteiger partial charge >= 0.3 is 5.97 Å². The standard InChI is InChI=1S/C16H18N2O5/c1-10-3-4-12-11(8-22-13(12)5-10)6-16(21)23-9-15(20)18-7-14(19)17-2/h3-5,8H,6-7,9H2,1-2H3,(H,17,19)(H,18,20). The van der Waals surface area contributed by atoms with Crippen LogP contribution >= 0.6 is 0 Å². The Hall–Kier alpha value is -2.83. The lowest BCUT2D eigenvalue weighted by Crippen LogP contribution is -2.37. The van der Waals surface area contributed by atoms with Crippen molar-refractivity contribution in [1.82, 2.24) is 10.6 Å². The van der Waals surface area contributed by atoms with Crippen molar-refractivity contribution in [3.63, 3.8) is 0 Å². The van der Waals surface area contributed by atoms with Gasteiger partial charge in [-0.2, -0.15) is 0 Å². The number of benzene rings is 1. The Morgan fingerprint density at radius 1 is 1.22 bits per heavy atom. The fourth-order valence-corrected chi connectivity index (χ4v) is 2.00. The molecule has 0 aliphatic rings. The minimum absolute atomic E-state index is 0.0127. The van der Waals surface area contributed by atoms with Crippen molar-refractivity contribution in [3.8, 4) is 0 Å². The molecule has 122 valence electrons. The molecule has 7 heteroatoms. The summed E-state index contributed by atoms with van der Waals surface area (Å²) in [6, 6.07) is 5.70. The number of rotatable bonds is 6. The second-order valence-electron chi connectivity index (χ2n) is 5.05. The Balaban J connectivity index is 1.84. The van der Waals surface area contributed by atoms with Gasteiger partial charge in [-0.1, -0.05) is 12.1 Å². The summed E-state index contributed by atoms with van der Waals surface area (Å²) in [6.07, 6.45) is 1.52. The van der Waals surface area contributed by atoms with Gasteiger partial charge in [-0.25, -0.2) is 0 Å². The van der Waals surface area contributed by atoms with Crippen LogP contribution in [-0.4, -0.2) is 38.0 Å². The van der Waals surface area contributed by atoms with Crippen molar-refractivity contribution in [2.45, 2.75) is 13.3 Å². The molecule has 0 aliphatic carbocycles. The van der Waals surface area contributed by atoms with Crippen LogP contribution in [0.5, 0.6) is 0 Å². The van der Waals surface area contributed by atoms with Crippen molar-refractivity contribution < 1.29 is 23.5 Å². The first-order valence-electron chi connectivity index (χ1n) is 7.09. The van der Waals surface area contributed by atoms with Gasteiger partial charge in [0.05, 0.1) is 19.2 Å². The summed E-state index contributed by atoms with van der Waals surface area (Å²) in [4.78, 5) is 34.2. The van der Waals surface area contributed by atoms with Gasteiger partial charge in [0.1, 0.15) is 5.58 Å². The summed E-state index contributed by atoms with van der Waals surface area (Å²) in [5.74, 6) is -1.40. The van der Waals surface area contributed by atoms with E-state index >= 15 is 0 Å². The number of carbonyl (C=O) groups is 3. The number of esters is 1. The smallest absolute Gasteiger partial charge is 0.310 e. The van der Waals surface area contributed by atoms with Gasteiger partial charge in [0.25, 0.3) is 5.91 Å². The molecule has 1 aromatic carbocycles. The monoisotopic (exact) mass is 318 g/mol. The zero-order valence-electron chi connectivity index (χ0n) is 13.0. The average Bonchev–Trinajstić information content (AvgIpc) is 2.92. The number of aryl methyl sites for hydroxylation is 1. The highest BCUT2D eigenvalue weighted by atomic mass is 16.5. The molecular weight excluding hydrogens is 300 g/mol. The first-order chi connectivity index (χ1) is 11.0. The van der Waals surface area contributed by atoms with Crippen molar-refractivity contribution in [1.29, 1.82) is 0 Å². The Morgan fingerprint density at radius 3 is 2.74 bits per heavy atom. The number of furan rings is 1. The van der Waals surface area contributed by atoms with Gasteiger partial charge in [0.15, 0.2) is 6.61 Å². The zero-order chi connectivity index (χ0) is 16.8. The molecule has 0 aliphatic heterocycles. The molecule has 0 spiro atoms. The molecule has 0 atom stereocenters. The lowest BCUT2D eigenvalue weighted by molar-refractivity contribution is -0.147. The minimum atomic E-state index is -0.539. The highest BCUT2D eigenvalue weighted by molar-refractivity contribution is 5.88. The summed E-state index contributed by atoms with van der Waals surface area (Å²) in [5.41, 5.74) is 2.47. The third kappa shape index (κ3) is 4.57. The number of amides is 2. The number of nitrogens with one attached hydrogen (secondary N) is 2. The van der Waals surface area contributed by atoms with Crippen LogP contribution < -0.4 is 10.6 Å². The van der Waals surface area contributed by atoms with Crippen molar-refractivity contribution in [3.05, 3.63) is 35.6 Å². The molecule has 2 amide bonds. The minimum Gasteiger partial charge on any atom is -0.464 e. The fraction of sp³-hybridized carbons (Fsp3) is 0.312. The van der Waals surface area contributed by atoms with E-state index in [0.29, 0.717) is 11.1 Å². The first kappa shape index (κ1) is 16.5. The molecule has 1 heterocycles. The van der Waals surface area contributed by atoms with E-state index in [9.17, 15) is 14.4 Å². The number of ether oxygens (including phenoxy) is 1. The summed E-state index contributed by atoms with van der Waals surface area (Å²) in [6.45, 7) is 1.37. The maximum Gasteiger partial charge on any atom is 0.310 e. The third-order valence-electron chi connectivity index (χ3n) is 3.24. The molecule has 23 heavy (non-hydrogen) atoms. The van der Waals surface area contributed by atoms with E-state index in [1.165, 1.54) is 13.3 Å². The van der Waals surface area contributed by atoms with Crippen LogP contribution in [0.2, 0.25) is 0 Å². The van der Waals surface area contributed by atoms with Crippen LogP contribution in [0.15, 0.2) is 28.9 Å². The molecule has 2 rings (SSSR count). The van der Waals surface area contributed by atoms with Gasteiger partial charge < -0.3 is 19.8 Å². The topological polar surface area (TPSA) is 97.6 Å². The number of hydrogen-bond donors (Lipinski definition) is 2. The Kier molecular flexibility index (Phi) is 5.35.